The van der Waals surface area contributed by atoms with Gasteiger partial charge in [0.25, 0.3) is 11.5 Å². The predicted molar refractivity (Wildman–Crippen MR) is 104 cm³/mol. The molecule has 28 heavy (non-hydrogen) atoms. The molecule has 1 saturated heterocycles. The Balaban J connectivity index is 1.67. The maximum Gasteiger partial charge on any atom is 0.263 e. The van der Waals surface area contributed by atoms with Crippen molar-refractivity contribution in [2.24, 2.45) is 7.05 Å². The third-order valence-electron chi connectivity index (χ3n) is 5.35. The molecule has 7 nitrogen and oxygen atoms in total. The number of carbonyl (C=O) groups excluding carboxylic acids is 1. The molecule has 3 aromatic rings. The number of pyridine rings is 1. The number of aromatic nitrogens is 3. The number of hydrogen-bond acceptors (Lipinski definition) is 5. The van der Waals surface area contributed by atoms with E-state index in [1.807, 2.05) is 43.3 Å². The lowest BCUT2D eigenvalue weighted by Crippen LogP contribution is -2.37. The molecule has 2 aromatic heterocycles. The van der Waals surface area contributed by atoms with Crippen molar-refractivity contribution in [1.29, 1.82) is 0 Å². The van der Waals surface area contributed by atoms with Gasteiger partial charge in [0.1, 0.15) is 11.6 Å². The third-order valence-corrected chi connectivity index (χ3v) is 5.35. The summed E-state index contributed by atoms with van der Waals surface area (Å²) in [6.07, 6.45) is 1.55. The van der Waals surface area contributed by atoms with Gasteiger partial charge in [0.2, 0.25) is 11.7 Å². The van der Waals surface area contributed by atoms with Crippen molar-refractivity contribution in [3.63, 3.8) is 0 Å². The first-order valence-electron chi connectivity index (χ1n) is 9.34. The highest BCUT2D eigenvalue weighted by molar-refractivity contribution is 5.95. The van der Waals surface area contributed by atoms with E-state index in [1.165, 1.54) is 4.57 Å². The monoisotopic (exact) mass is 378 g/mol. The van der Waals surface area contributed by atoms with E-state index in [0.717, 1.165) is 24.1 Å². The maximum atomic E-state index is 13.2. The summed E-state index contributed by atoms with van der Waals surface area (Å²) in [5, 5.41) is 4.07. The second-order valence-corrected chi connectivity index (χ2v) is 7.19. The summed E-state index contributed by atoms with van der Waals surface area (Å²) in [5.74, 6) is 0.628. The highest BCUT2D eigenvalue weighted by Gasteiger charge is 2.36. The molecular formula is C21H22N4O3. The van der Waals surface area contributed by atoms with Gasteiger partial charge in [-0.1, -0.05) is 35.5 Å². The van der Waals surface area contributed by atoms with Gasteiger partial charge in [0.15, 0.2) is 0 Å². The molecule has 0 N–H and O–H groups in total. The summed E-state index contributed by atoms with van der Waals surface area (Å²) in [4.78, 5) is 32.1. The number of rotatable bonds is 3. The highest BCUT2D eigenvalue weighted by Crippen LogP contribution is 2.33. The van der Waals surface area contributed by atoms with Crippen LogP contribution in [0.2, 0.25) is 0 Å². The van der Waals surface area contributed by atoms with Gasteiger partial charge in [0.05, 0.1) is 0 Å². The molecule has 3 heterocycles. The standard InChI is InChI=1S/C21H22N4O3/c1-13-12-14(2)24(3)20(26)17(13)21(27)25-11-7-10-16(25)19-22-18(23-28-19)15-8-5-4-6-9-15/h4-6,8-9,12,16H,7,10-11H2,1-3H3/t16-/m0/s1. The minimum Gasteiger partial charge on any atom is -0.337 e. The zero-order valence-electron chi connectivity index (χ0n) is 16.2. The van der Waals surface area contributed by atoms with Crippen LogP contribution in [0, 0.1) is 13.8 Å². The van der Waals surface area contributed by atoms with Crippen molar-refractivity contribution in [2.75, 3.05) is 6.54 Å². The van der Waals surface area contributed by atoms with Crippen LogP contribution in [-0.4, -0.2) is 32.1 Å². The molecule has 0 radical (unpaired) electrons. The fourth-order valence-electron chi connectivity index (χ4n) is 3.72. The van der Waals surface area contributed by atoms with E-state index in [0.29, 0.717) is 23.8 Å². The molecule has 1 aliphatic heterocycles. The molecule has 4 rings (SSSR count). The van der Waals surface area contributed by atoms with Crippen molar-refractivity contribution in [3.8, 4) is 11.4 Å². The Hall–Kier alpha value is -3.22. The van der Waals surface area contributed by atoms with Gasteiger partial charge in [-0.25, -0.2) is 0 Å². The van der Waals surface area contributed by atoms with Crippen LogP contribution in [0.25, 0.3) is 11.4 Å². The summed E-state index contributed by atoms with van der Waals surface area (Å²) in [7, 11) is 1.68. The van der Waals surface area contributed by atoms with E-state index in [9.17, 15) is 9.59 Å². The number of nitrogens with zero attached hydrogens (tertiary/aromatic N) is 4. The topological polar surface area (TPSA) is 81.2 Å². The summed E-state index contributed by atoms with van der Waals surface area (Å²) in [6.45, 7) is 4.21. The highest BCUT2D eigenvalue weighted by atomic mass is 16.5. The Bertz CT molecular complexity index is 1080. The lowest BCUT2D eigenvalue weighted by Gasteiger charge is -2.23. The van der Waals surface area contributed by atoms with E-state index in [1.54, 1.807) is 18.9 Å². The Morgan fingerprint density at radius 1 is 1.21 bits per heavy atom. The molecule has 144 valence electrons. The third kappa shape index (κ3) is 3.02. The molecular weight excluding hydrogens is 356 g/mol. The number of likely N-dealkylation sites (tertiary alicyclic amines) is 1. The average Bonchev–Trinajstić information content (AvgIpc) is 3.36. The van der Waals surface area contributed by atoms with Crippen molar-refractivity contribution < 1.29 is 9.32 Å². The van der Waals surface area contributed by atoms with Crippen LogP contribution in [0.1, 0.15) is 46.4 Å². The first-order valence-corrected chi connectivity index (χ1v) is 9.34. The van der Waals surface area contributed by atoms with Crippen molar-refractivity contribution in [3.05, 3.63) is 69.5 Å². The summed E-state index contributed by atoms with van der Waals surface area (Å²) in [5.41, 5.74) is 2.30. The molecule has 1 amide bonds. The molecule has 0 unspecified atom stereocenters. The minimum atomic E-state index is -0.317. The van der Waals surface area contributed by atoms with Gasteiger partial charge in [-0.3, -0.25) is 9.59 Å². The molecule has 0 bridgehead atoms. The van der Waals surface area contributed by atoms with Crippen molar-refractivity contribution in [1.82, 2.24) is 19.6 Å². The predicted octanol–water partition coefficient (Wildman–Crippen LogP) is 3.03. The maximum absolute atomic E-state index is 13.2. The van der Waals surface area contributed by atoms with Crippen LogP contribution in [0.5, 0.6) is 0 Å². The quantitative estimate of drug-likeness (QED) is 0.700. The van der Waals surface area contributed by atoms with Crippen LogP contribution >= 0.6 is 0 Å². The zero-order valence-corrected chi connectivity index (χ0v) is 16.2. The Kier molecular flexibility index (Phi) is 4.58. The number of carbonyl (C=O) groups is 1. The number of aryl methyl sites for hydroxylation is 2. The Morgan fingerprint density at radius 2 is 1.96 bits per heavy atom. The van der Waals surface area contributed by atoms with E-state index in [4.69, 9.17) is 4.52 Å². The van der Waals surface area contributed by atoms with Crippen LogP contribution in [0.15, 0.2) is 45.7 Å². The van der Waals surface area contributed by atoms with Gasteiger partial charge in [-0.2, -0.15) is 4.98 Å². The summed E-state index contributed by atoms with van der Waals surface area (Å²) in [6, 6.07) is 11.1. The molecule has 7 heteroatoms. The fourth-order valence-corrected chi connectivity index (χ4v) is 3.72. The van der Waals surface area contributed by atoms with Crippen LogP contribution in [0.4, 0.5) is 0 Å². The molecule has 0 spiro atoms. The van der Waals surface area contributed by atoms with Gasteiger partial charge < -0.3 is 14.0 Å². The molecule has 0 saturated carbocycles. The van der Waals surface area contributed by atoms with Crippen LogP contribution < -0.4 is 5.56 Å². The number of hydrogen-bond donors (Lipinski definition) is 0. The lowest BCUT2D eigenvalue weighted by atomic mass is 10.1. The normalized spacial score (nSPS) is 16.5. The molecule has 1 fully saturated rings. The van der Waals surface area contributed by atoms with Crippen molar-refractivity contribution in [2.45, 2.75) is 32.7 Å². The Labute approximate surface area is 162 Å². The van der Waals surface area contributed by atoms with E-state index < -0.39 is 0 Å². The van der Waals surface area contributed by atoms with E-state index in [2.05, 4.69) is 10.1 Å². The molecule has 0 aliphatic carbocycles. The Morgan fingerprint density at radius 3 is 2.71 bits per heavy atom. The van der Waals surface area contributed by atoms with Crippen LogP contribution in [0.3, 0.4) is 0 Å². The number of benzene rings is 1. The fraction of sp³-hybridized carbons (Fsp3) is 0.333. The van der Waals surface area contributed by atoms with Gasteiger partial charge in [0, 0.05) is 24.8 Å². The minimum absolute atomic E-state index is 0.211. The van der Waals surface area contributed by atoms with E-state index in [-0.39, 0.29) is 23.1 Å². The van der Waals surface area contributed by atoms with Gasteiger partial charge in [-0.05, 0) is 38.3 Å². The zero-order chi connectivity index (χ0) is 19.8. The summed E-state index contributed by atoms with van der Waals surface area (Å²) >= 11 is 0. The molecule has 1 aromatic carbocycles. The van der Waals surface area contributed by atoms with Crippen LogP contribution in [-0.2, 0) is 7.05 Å². The SMILES string of the molecule is Cc1cc(C)n(C)c(=O)c1C(=O)N1CCC[C@H]1c1nc(-c2ccccc2)no1. The summed E-state index contributed by atoms with van der Waals surface area (Å²) < 4.78 is 6.99. The second kappa shape index (κ2) is 7.07. The molecule has 1 aliphatic rings. The number of amides is 1. The molecule has 1 atom stereocenters. The largest absolute Gasteiger partial charge is 0.337 e. The first-order chi connectivity index (χ1) is 13.5. The van der Waals surface area contributed by atoms with Crippen molar-refractivity contribution >= 4 is 5.91 Å². The lowest BCUT2D eigenvalue weighted by molar-refractivity contribution is 0.0707. The van der Waals surface area contributed by atoms with Gasteiger partial charge >= 0.3 is 0 Å². The van der Waals surface area contributed by atoms with Gasteiger partial charge in [-0.15, -0.1) is 0 Å². The smallest absolute Gasteiger partial charge is 0.263 e. The first kappa shape index (κ1) is 18.2. The second-order valence-electron chi connectivity index (χ2n) is 7.19. The van der Waals surface area contributed by atoms with E-state index >= 15 is 0 Å². The average molecular weight is 378 g/mol.